The van der Waals surface area contributed by atoms with Gasteiger partial charge in [0, 0.05) is 6.66 Å². The number of hydrogen-bond acceptors (Lipinski definition) is 10. The van der Waals surface area contributed by atoms with Gasteiger partial charge in [0.15, 0.2) is 23.9 Å². The minimum absolute atomic E-state index is 0.155. The van der Waals surface area contributed by atoms with Crippen LogP contribution < -0.4 is 10.8 Å². The molecule has 6 atom stereocenters. The van der Waals surface area contributed by atoms with Crippen LogP contribution in [0.4, 0.5) is 10.2 Å². The second kappa shape index (κ2) is 9.82. The fourth-order valence-corrected chi connectivity index (χ4v) is 5.05. The molecule has 2 unspecified atom stereocenters. The number of carbonyl (C=O) groups is 1. The van der Waals surface area contributed by atoms with Gasteiger partial charge in [0.2, 0.25) is 0 Å². The van der Waals surface area contributed by atoms with Gasteiger partial charge in [0.25, 0.3) is 7.52 Å². The highest BCUT2D eigenvalue weighted by Crippen LogP contribution is 2.48. The van der Waals surface area contributed by atoms with Crippen LogP contribution in [0.2, 0.25) is 0 Å². The van der Waals surface area contributed by atoms with E-state index in [9.17, 15) is 14.5 Å². The predicted octanol–water partition coefficient (Wildman–Crippen LogP) is 1.72. The Kier molecular flexibility index (Phi) is 7.63. The first kappa shape index (κ1) is 26.4. The first-order chi connectivity index (χ1) is 15.8. The number of nitrogens with zero attached hydrogens (tertiary/aromatic N) is 4. The molecule has 2 aromatic rings. The van der Waals surface area contributed by atoms with Gasteiger partial charge in [0.05, 0.1) is 37.2 Å². The number of aromatic nitrogens is 4. The fourth-order valence-electron chi connectivity index (χ4n) is 3.75. The standard InChI is InChI=1S/C20H32FN6O6P/c1-10(2)32-19(29)11(3)26-34(6,30)31-7-13-20(5,8-28)15(21)18(33-13)27-9-23-14-16(22)24-12(4)25-17(14)27/h9-11,13,15,18,28H,7-8H2,1-6H3,(H,26,30)(H2,22,24,25)/t11-,13+,15+,18+,20?,34?/m0/s1. The molecule has 0 aliphatic carbocycles. The summed E-state index contributed by atoms with van der Waals surface area (Å²) in [4.78, 5) is 24.5. The maximum Gasteiger partial charge on any atom is 0.323 e. The lowest BCUT2D eigenvalue weighted by Gasteiger charge is -2.30. The van der Waals surface area contributed by atoms with E-state index in [1.165, 1.54) is 31.4 Å². The molecule has 3 heterocycles. The minimum Gasteiger partial charge on any atom is -0.462 e. The molecule has 1 aliphatic heterocycles. The Morgan fingerprint density at radius 2 is 2.12 bits per heavy atom. The van der Waals surface area contributed by atoms with E-state index in [-0.39, 0.29) is 18.5 Å². The van der Waals surface area contributed by atoms with Crippen molar-refractivity contribution in [1.82, 2.24) is 24.6 Å². The van der Waals surface area contributed by atoms with E-state index in [4.69, 9.17) is 19.7 Å². The summed E-state index contributed by atoms with van der Waals surface area (Å²) in [5.74, 6) is -0.0407. The average molecular weight is 502 g/mol. The van der Waals surface area contributed by atoms with Gasteiger partial charge < -0.3 is 24.8 Å². The topological polar surface area (TPSA) is 164 Å². The molecule has 190 valence electrons. The number of rotatable bonds is 9. The molecule has 0 aromatic carbocycles. The molecule has 14 heteroatoms. The van der Waals surface area contributed by atoms with Gasteiger partial charge in [-0.25, -0.2) is 24.4 Å². The maximum absolute atomic E-state index is 15.6. The average Bonchev–Trinajstić information content (AvgIpc) is 3.25. The van der Waals surface area contributed by atoms with Crippen LogP contribution in [0.15, 0.2) is 6.33 Å². The number of nitrogens with two attached hydrogens (primary N) is 1. The molecule has 34 heavy (non-hydrogen) atoms. The summed E-state index contributed by atoms with van der Waals surface area (Å²) in [6.07, 6.45) is -2.81. The molecule has 0 amide bonds. The number of halogens is 1. The number of fused-ring (bicyclic) bond motifs is 1. The van der Waals surface area contributed by atoms with Crippen molar-refractivity contribution < 1.29 is 32.9 Å². The Balaban J connectivity index is 1.77. The normalized spacial score (nSPS) is 27.7. The van der Waals surface area contributed by atoms with Gasteiger partial charge in [-0.2, -0.15) is 0 Å². The molecule has 1 saturated heterocycles. The van der Waals surface area contributed by atoms with Gasteiger partial charge in [-0.1, -0.05) is 6.92 Å². The lowest BCUT2D eigenvalue weighted by atomic mass is 9.82. The number of ether oxygens (including phenoxy) is 2. The summed E-state index contributed by atoms with van der Waals surface area (Å²) >= 11 is 0. The van der Waals surface area contributed by atoms with E-state index in [2.05, 4.69) is 20.0 Å². The number of nitrogen functional groups attached to an aromatic ring is 1. The van der Waals surface area contributed by atoms with E-state index in [0.29, 0.717) is 17.0 Å². The Labute approximate surface area is 196 Å². The van der Waals surface area contributed by atoms with Crippen LogP contribution in [-0.4, -0.2) is 74.9 Å². The molecule has 3 rings (SSSR count). The number of imidazole rings is 1. The van der Waals surface area contributed by atoms with E-state index in [1.54, 1.807) is 20.8 Å². The van der Waals surface area contributed by atoms with Gasteiger partial charge in [-0.15, -0.1) is 0 Å². The molecule has 0 radical (unpaired) electrons. The van der Waals surface area contributed by atoms with Crippen molar-refractivity contribution in [3.63, 3.8) is 0 Å². The third-order valence-electron chi connectivity index (χ3n) is 5.70. The summed E-state index contributed by atoms with van der Waals surface area (Å²) < 4.78 is 46.5. The molecule has 4 N–H and O–H groups in total. The van der Waals surface area contributed by atoms with Crippen LogP contribution in [0.5, 0.6) is 0 Å². The molecule has 0 saturated carbocycles. The third kappa shape index (κ3) is 5.23. The van der Waals surface area contributed by atoms with Crippen LogP contribution in [0.3, 0.4) is 0 Å². The molecule has 0 bridgehead atoms. The first-order valence-corrected chi connectivity index (χ1v) is 12.9. The number of esters is 1. The van der Waals surface area contributed by atoms with Crippen molar-refractivity contribution in [1.29, 1.82) is 0 Å². The van der Waals surface area contributed by atoms with E-state index in [1.807, 2.05) is 0 Å². The number of hydrogen-bond donors (Lipinski definition) is 3. The maximum atomic E-state index is 15.6. The van der Waals surface area contributed by atoms with Crippen molar-refractivity contribution >= 4 is 30.5 Å². The summed E-state index contributed by atoms with van der Waals surface area (Å²) in [6, 6.07) is -0.890. The zero-order chi connectivity index (χ0) is 25.4. The number of alkyl halides is 1. The lowest BCUT2D eigenvalue weighted by Crippen LogP contribution is -2.41. The van der Waals surface area contributed by atoms with Gasteiger partial charge in [0.1, 0.15) is 17.4 Å². The van der Waals surface area contributed by atoms with E-state index >= 15 is 4.39 Å². The van der Waals surface area contributed by atoms with Crippen LogP contribution in [0, 0.1) is 12.3 Å². The smallest absolute Gasteiger partial charge is 0.323 e. The van der Waals surface area contributed by atoms with Crippen LogP contribution >= 0.6 is 7.52 Å². The number of aliphatic hydroxyl groups is 1. The molecule has 12 nitrogen and oxygen atoms in total. The highest BCUT2D eigenvalue weighted by molar-refractivity contribution is 7.56. The van der Waals surface area contributed by atoms with Gasteiger partial charge >= 0.3 is 5.97 Å². The Bertz CT molecular complexity index is 1100. The predicted molar refractivity (Wildman–Crippen MR) is 122 cm³/mol. The quantitative estimate of drug-likeness (QED) is 0.338. The highest BCUT2D eigenvalue weighted by Gasteiger charge is 2.55. The Morgan fingerprint density at radius 3 is 2.74 bits per heavy atom. The summed E-state index contributed by atoms with van der Waals surface area (Å²) in [5.41, 5.74) is 5.12. The fraction of sp³-hybridized carbons (Fsp3) is 0.700. The Morgan fingerprint density at radius 1 is 1.44 bits per heavy atom. The monoisotopic (exact) mass is 502 g/mol. The van der Waals surface area contributed by atoms with Crippen LogP contribution in [-0.2, 0) is 23.4 Å². The number of nitrogens with one attached hydrogen (secondary N) is 1. The zero-order valence-electron chi connectivity index (χ0n) is 20.1. The second-order valence-corrected chi connectivity index (χ2v) is 11.2. The van der Waals surface area contributed by atoms with E-state index in [0.717, 1.165) is 0 Å². The third-order valence-corrected chi connectivity index (χ3v) is 7.20. The van der Waals surface area contributed by atoms with E-state index < -0.39 is 50.1 Å². The minimum atomic E-state index is -3.51. The zero-order valence-corrected chi connectivity index (χ0v) is 21.0. The van der Waals surface area contributed by atoms with Crippen molar-refractivity contribution in [2.24, 2.45) is 5.41 Å². The van der Waals surface area contributed by atoms with Crippen molar-refractivity contribution in [2.75, 3.05) is 25.6 Å². The molecule has 0 spiro atoms. The number of carbonyl (C=O) groups excluding carboxylic acids is 1. The van der Waals surface area contributed by atoms with Crippen molar-refractivity contribution in [3.05, 3.63) is 12.2 Å². The summed E-state index contributed by atoms with van der Waals surface area (Å²) in [5, 5.41) is 12.6. The van der Waals surface area contributed by atoms with Crippen molar-refractivity contribution in [2.45, 2.75) is 65.3 Å². The molecular weight excluding hydrogens is 470 g/mol. The van der Waals surface area contributed by atoms with Gasteiger partial charge in [-0.3, -0.25) is 13.9 Å². The Hall–Kier alpha value is -2.18. The lowest BCUT2D eigenvalue weighted by molar-refractivity contribution is -0.149. The van der Waals surface area contributed by atoms with Crippen LogP contribution in [0.1, 0.15) is 39.7 Å². The molecule has 1 fully saturated rings. The SMILES string of the molecule is Cc1nc(N)c2ncn([C@@H]3O[C@H](COP(C)(=O)N[C@@H](C)C(=O)OC(C)C)C(C)(CO)[C@@H]3F)c2n1. The first-order valence-electron chi connectivity index (χ1n) is 10.9. The molecule has 2 aromatic heterocycles. The number of aryl methyl sites for hydroxylation is 1. The summed E-state index contributed by atoms with van der Waals surface area (Å²) in [7, 11) is -3.51. The highest BCUT2D eigenvalue weighted by atomic mass is 31.2. The number of aliphatic hydroxyl groups excluding tert-OH is 1. The van der Waals surface area contributed by atoms with Crippen LogP contribution in [0.25, 0.3) is 11.2 Å². The molecular formula is C20H32FN6O6P. The second-order valence-electron chi connectivity index (χ2n) is 9.04. The summed E-state index contributed by atoms with van der Waals surface area (Å²) in [6.45, 7) is 8.51. The van der Waals surface area contributed by atoms with Crippen molar-refractivity contribution in [3.8, 4) is 0 Å². The molecule has 1 aliphatic rings. The number of anilines is 1. The van der Waals surface area contributed by atoms with Gasteiger partial charge in [-0.05, 0) is 27.7 Å². The largest absolute Gasteiger partial charge is 0.462 e.